The molecule has 0 saturated heterocycles. The van der Waals surface area contributed by atoms with Gasteiger partial charge < -0.3 is 39.5 Å². The van der Waals surface area contributed by atoms with Crippen LogP contribution in [0.15, 0.2) is 79.6 Å². The first-order valence-corrected chi connectivity index (χ1v) is 18.4. The van der Waals surface area contributed by atoms with E-state index < -0.39 is 35.3 Å². The monoisotopic (exact) mass is 786 g/mol. The summed E-state index contributed by atoms with van der Waals surface area (Å²) >= 11 is 0. The number of nitrogens with one attached hydrogen (secondary N) is 3. The van der Waals surface area contributed by atoms with E-state index in [4.69, 9.17) is 18.6 Å². The molecule has 0 spiro atoms. The average Bonchev–Trinajstić information content (AvgIpc) is 3.19. The third-order valence-electron chi connectivity index (χ3n) is 9.60. The number of phenols is 1. The van der Waals surface area contributed by atoms with Crippen molar-refractivity contribution >= 4 is 28.8 Å². The Hall–Kier alpha value is -6.10. The van der Waals surface area contributed by atoms with Crippen molar-refractivity contribution < 1.29 is 43.2 Å². The summed E-state index contributed by atoms with van der Waals surface area (Å²) in [5.41, 5.74) is 0.390. The number of carboxylic acids is 1. The van der Waals surface area contributed by atoms with Crippen LogP contribution in [0, 0.1) is 0 Å². The molecule has 2 aliphatic rings. The number of methoxy groups -OCH3 is 3. The van der Waals surface area contributed by atoms with E-state index in [-0.39, 0.29) is 76.7 Å². The molecule has 3 aromatic rings. The predicted octanol–water partition coefficient (Wildman–Crippen LogP) is 3.53. The molecule has 302 valence electrons. The number of nitrogens with zero attached hydrogens (tertiary/aromatic N) is 1. The standard InChI is InChI=1S/C41H46N4O12/c1-54-23-35(56-3)34(55-2)22-45-21-25(39(50)44-41(45)53)9-15-36(48)42-16-6-4-5-7-17-43-38(49)24-8-12-28(40(51)52)31(18-24)37-29-13-10-26(46)19-32(29)57-33-20-27(47)11-14-30(33)37/h8,10-14,18-21,34-35,46H,4-7,9,15-17,22-23H2,1-3H3,(H,42,48)(H,43,49)(H,51,52)(H,44,50,53). The van der Waals surface area contributed by atoms with Crippen LogP contribution in [0.2, 0.25) is 0 Å². The highest BCUT2D eigenvalue weighted by Gasteiger charge is 2.24. The molecule has 1 aliphatic carbocycles. The number of ether oxygens (including phenoxy) is 3. The van der Waals surface area contributed by atoms with E-state index in [1.165, 1.54) is 74.6 Å². The lowest BCUT2D eigenvalue weighted by Crippen LogP contribution is -2.41. The summed E-state index contributed by atoms with van der Waals surface area (Å²) < 4.78 is 23.2. The Labute approximate surface area is 326 Å². The first-order valence-electron chi connectivity index (χ1n) is 18.4. The lowest BCUT2D eigenvalue weighted by atomic mass is 9.89. The molecule has 2 aromatic carbocycles. The maximum absolute atomic E-state index is 13.2. The molecule has 0 saturated carbocycles. The van der Waals surface area contributed by atoms with Gasteiger partial charge in [-0.25, -0.2) is 9.59 Å². The van der Waals surface area contributed by atoms with Crippen molar-refractivity contribution in [2.24, 2.45) is 0 Å². The number of H-pyrrole nitrogens is 1. The highest BCUT2D eigenvalue weighted by Crippen LogP contribution is 2.42. The molecule has 0 fully saturated rings. The maximum atomic E-state index is 13.2. The minimum absolute atomic E-state index is 0.0528. The zero-order chi connectivity index (χ0) is 41.1. The smallest absolute Gasteiger partial charge is 0.336 e. The molecule has 2 atom stereocenters. The molecule has 2 amide bonds. The van der Waals surface area contributed by atoms with Gasteiger partial charge in [-0.1, -0.05) is 12.8 Å². The number of unbranched alkanes of at least 4 members (excludes halogenated alkanes) is 3. The average molecular weight is 787 g/mol. The van der Waals surface area contributed by atoms with E-state index in [2.05, 4.69) is 15.6 Å². The lowest BCUT2D eigenvalue weighted by Gasteiger charge is -2.24. The van der Waals surface area contributed by atoms with Gasteiger partial charge in [-0.2, -0.15) is 0 Å². The highest BCUT2D eigenvalue weighted by molar-refractivity contribution is 6.09. The summed E-state index contributed by atoms with van der Waals surface area (Å²) in [7, 11) is 4.52. The van der Waals surface area contributed by atoms with Gasteiger partial charge in [0.05, 0.1) is 18.7 Å². The molecule has 0 radical (unpaired) electrons. The van der Waals surface area contributed by atoms with Gasteiger partial charge in [-0.3, -0.25) is 28.7 Å². The van der Waals surface area contributed by atoms with Crippen LogP contribution < -0.4 is 27.3 Å². The van der Waals surface area contributed by atoms with Gasteiger partial charge in [0.15, 0.2) is 5.43 Å². The Bertz CT molecular complexity index is 2370. The number of aromatic carboxylic acids is 1. The topological polar surface area (TPSA) is 228 Å². The molecule has 16 nitrogen and oxygen atoms in total. The van der Waals surface area contributed by atoms with Gasteiger partial charge in [0.2, 0.25) is 5.91 Å². The summed E-state index contributed by atoms with van der Waals surface area (Å²) in [6.07, 6.45) is 3.57. The Kier molecular flexibility index (Phi) is 14.5. The second-order valence-corrected chi connectivity index (χ2v) is 13.5. The summed E-state index contributed by atoms with van der Waals surface area (Å²) in [5.74, 6) is -1.72. The number of benzene rings is 3. The summed E-state index contributed by atoms with van der Waals surface area (Å²) in [4.78, 5) is 77.4. The number of fused-ring (bicyclic) bond motifs is 2. The van der Waals surface area contributed by atoms with E-state index >= 15 is 0 Å². The van der Waals surface area contributed by atoms with E-state index in [0.717, 1.165) is 12.8 Å². The number of aromatic amines is 1. The number of aromatic nitrogens is 2. The minimum atomic E-state index is -1.21. The van der Waals surface area contributed by atoms with Crippen molar-refractivity contribution in [1.29, 1.82) is 0 Å². The number of rotatable bonds is 20. The third kappa shape index (κ3) is 10.6. The fourth-order valence-electron chi connectivity index (χ4n) is 6.60. The molecule has 0 bridgehead atoms. The molecule has 2 unspecified atom stereocenters. The van der Waals surface area contributed by atoms with Gasteiger partial charge in [-0.05, 0) is 67.3 Å². The van der Waals surface area contributed by atoms with Crippen LogP contribution in [-0.4, -0.2) is 90.8 Å². The third-order valence-corrected chi connectivity index (χ3v) is 9.60. The predicted molar refractivity (Wildman–Crippen MR) is 210 cm³/mol. The largest absolute Gasteiger partial charge is 0.508 e. The molecule has 1 aliphatic heterocycles. The van der Waals surface area contributed by atoms with Crippen LogP contribution in [-0.2, 0) is 32.0 Å². The van der Waals surface area contributed by atoms with Gasteiger partial charge in [0.1, 0.15) is 29.3 Å². The number of hydrogen-bond donors (Lipinski definition) is 5. The maximum Gasteiger partial charge on any atom is 0.336 e. The Morgan fingerprint density at radius 2 is 1.60 bits per heavy atom. The summed E-state index contributed by atoms with van der Waals surface area (Å²) in [6, 6.07) is 12.9. The van der Waals surface area contributed by atoms with Crippen LogP contribution in [0.1, 0.15) is 58.4 Å². The fourth-order valence-corrected chi connectivity index (χ4v) is 6.60. The van der Waals surface area contributed by atoms with Crippen LogP contribution in [0.4, 0.5) is 0 Å². The van der Waals surface area contributed by atoms with Crippen molar-refractivity contribution in [3.63, 3.8) is 0 Å². The molecular weight excluding hydrogens is 740 g/mol. The number of phenolic OH excluding ortho intramolecular Hbond substituents is 1. The van der Waals surface area contributed by atoms with Crippen molar-refractivity contribution in [1.82, 2.24) is 20.2 Å². The molecule has 57 heavy (non-hydrogen) atoms. The Balaban J connectivity index is 1.10. The van der Waals surface area contributed by atoms with Crippen LogP contribution >= 0.6 is 0 Å². The van der Waals surface area contributed by atoms with Crippen LogP contribution in [0.3, 0.4) is 0 Å². The second kappa shape index (κ2) is 19.7. The number of aryl methyl sites for hydroxylation is 1. The van der Waals surface area contributed by atoms with E-state index in [9.17, 15) is 39.0 Å². The number of hydrogen-bond acceptors (Lipinski definition) is 11. The van der Waals surface area contributed by atoms with Gasteiger partial charge in [-0.15, -0.1) is 0 Å². The SMILES string of the molecule is COCC(OC)C(Cn1cc(CCC(=O)NCCCCCCNC(=O)c2ccc(C(=O)O)c(-c3c4ccc(=O)cc-4oc4cc(O)ccc34)c2)c(=O)[nH]c1=O)OC. The fraction of sp³-hybridized carbons (Fsp3) is 0.366. The zero-order valence-corrected chi connectivity index (χ0v) is 31.9. The number of aromatic hydroxyl groups is 1. The Morgan fingerprint density at radius 3 is 2.30 bits per heavy atom. The quantitative estimate of drug-likeness (QED) is 0.0564. The minimum Gasteiger partial charge on any atom is -0.508 e. The molecule has 2 heterocycles. The lowest BCUT2D eigenvalue weighted by molar-refractivity contribution is -0.121. The molecule has 5 rings (SSSR count). The van der Waals surface area contributed by atoms with E-state index in [1.54, 1.807) is 12.1 Å². The molecule has 16 heteroatoms. The van der Waals surface area contributed by atoms with E-state index in [1.807, 2.05) is 0 Å². The van der Waals surface area contributed by atoms with Crippen molar-refractivity contribution in [2.75, 3.05) is 41.0 Å². The normalized spacial score (nSPS) is 12.4. The van der Waals surface area contributed by atoms with Gasteiger partial charge in [0.25, 0.3) is 11.5 Å². The van der Waals surface area contributed by atoms with E-state index in [0.29, 0.717) is 42.4 Å². The second-order valence-electron chi connectivity index (χ2n) is 13.5. The van der Waals surface area contributed by atoms with Gasteiger partial charge in [0, 0.05) is 86.8 Å². The van der Waals surface area contributed by atoms with Crippen LogP contribution in [0.25, 0.3) is 33.4 Å². The number of carbonyl (C=O) groups is 3. The molecule has 5 N–H and O–H groups in total. The van der Waals surface area contributed by atoms with Gasteiger partial charge >= 0.3 is 11.7 Å². The number of carbonyl (C=O) groups excluding carboxylic acids is 2. The summed E-state index contributed by atoms with van der Waals surface area (Å²) in [6.45, 7) is 1.15. The zero-order valence-electron chi connectivity index (χ0n) is 31.9. The number of carboxylic acid groups (broad SMARTS) is 1. The van der Waals surface area contributed by atoms with Crippen LogP contribution in [0.5, 0.6) is 5.75 Å². The Morgan fingerprint density at radius 1 is 0.860 bits per heavy atom. The van der Waals surface area contributed by atoms with Crippen molar-refractivity contribution in [2.45, 2.75) is 57.3 Å². The van der Waals surface area contributed by atoms with Crippen molar-refractivity contribution in [3.05, 3.63) is 109 Å². The summed E-state index contributed by atoms with van der Waals surface area (Å²) in [5, 5.41) is 26.4. The molecule has 1 aromatic heterocycles. The first-order chi connectivity index (χ1) is 27.4. The highest BCUT2D eigenvalue weighted by atomic mass is 16.6. The van der Waals surface area contributed by atoms with Crippen molar-refractivity contribution in [3.8, 4) is 28.2 Å². The first kappa shape index (κ1) is 42.1. The molecular formula is C41H46N4O12. The number of amides is 2.